The quantitative estimate of drug-likeness (QED) is 0.527. The maximum absolute atomic E-state index is 12.4. The fourth-order valence-electron chi connectivity index (χ4n) is 0.530. The first-order chi connectivity index (χ1) is 5.16. The van der Waals surface area contributed by atoms with Crippen molar-refractivity contribution in [3.05, 3.63) is 23.6 Å². The molecule has 0 bridgehead atoms. The molecule has 0 nitrogen and oxygen atoms in total. The molecule has 0 rings (SSSR count). The summed E-state index contributed by atoms with van der Waals surface area (Å²) in [5.74, 6) is -0.127. The zero-order valence-electron chi connectivity index (χ0n) is 8.24. The molecule has 11 heavy (non-hydrogen) atoms. The van der Waals surface area contributed by atoms with Crippen molar-refractivity contribution < 1.29 is 4.39 Å². The van der Waals surface area contributed by atoms with E-state index in [1.807, 2.05) is 34.6 Å². The molecule has 0 aliphatic rings. The van der Waals surface area contributed by atoms with Gasteiger partial charge in [0.1, 0.15) is 5.83 Å². The van der Waals surface area contributed by atoms with E-state index < -0.39 is 0 Å². The average molecular weight is 158 g/mol. The molecular weight excluding hydrogens is 139 g/mol. The van der Waals surface area contributed by atoms with E-state index in [-0.39, 0.29) is 5.83 Å². The van der Waals surface area contributed by atoms with Gasteiger partial charge in [-0.15, -0.1) is 0 Å². The third-order valence-corrected chi connectivity index (χ3v) is 0.826. The molecule has 0 aromatic heterocycles. The van der Waals surface area contributed by atoms with Crippen LogP contribution >= 0.6 is 0 Å². The highest BCUT2D eigenvalue weighted by Crippen LogP contribution is 2.03. The van der Waals surface area contributed by atoms with Crippen LogP contribution in [0.15, 0.2) is 23.6 Å². The fourth-order valence-corrected chi connectivity index (χ4v) is 0.530. The van der Waals surface area contributed by atoms with Crippen LogP contribution in [0.25, 0.3) is 0 Å². The van der Waals surface area contributed by atoms with Gasteiger partial charge in [-0.2, -0.15) is 0 Å². The van der Waals surface area contributed by atoms with Gasteiger partial charge in [0.15, 0.2) is 0 Å². The SMILES string of the molecule is CC.CC/C=C(/F)C=C(C)C. The lowest BCUT2D eigenvalue weighted by molar-refractivity contribution is 0.659. The molecule has 0 aliphatic heterocycles. The van der Waals surface area contributed by atoms with Crippen LogP contribution < -0.4 is 0 Å². The Bertz CT molecular complexity index is 128. The second-order valence-corrected chi connectivity index (χ2v) is 2.22. The Morgan fingerprint density at radius 2 is 1.73 bits per heavy atom. The molecule has 0 N–H and O–H groups in total. The van der Waals surface area contributed by atoms with Gasteiger partial charge in [-0.05, 0) is 32.4 Å². The van der Waals surface area contributed by atoms with Crippen molar-refractivity contribution >= 4 is 0 Å². The molecule has 66 valence electrons. The molecule has 0 fully saturated rings. The van der Waals surface area contributed by atoms with Gasteiger partial charge in [0, 0.05) is 0 Å². The summed E-state index contributed by atoms with van der Waals surface area (Å²) in [6, 6.07) is 0. The number of hydrogen-bond acceptors (Lipinski definition) is 0. The van der Waals surface area contributed by atoms with Crippen LogP contribution in [0.3, 0.4) is 0 Å². The van der Waals surface area contributed by atoms with Crippen molar-refractivity contribution in [1.29, 1.82) is 0 Å². The second kappa shape index (κ2) is 9.41. The number of hydrogen-bond donors (Lipinski definition) is 0. The first-order valence-corrected chi connectivity index (χ1v) is 4.17. The van der Waals surface area contributed by atoms with Crippen molar-refractivity contribution in [3.8, 4) is 0 Å². The van der Waals surface area contributed by atoms with Crippen LogP contribution in [-0.2, 0) is 0 Å². The normalized spacial score (nSPS) is 9.82. The van der Waals surface area contributed by atoms with Gasteiger partial charge in [0.25, 0.3) is 0 Å². The first-order valence-electron chi connectivity index (χ1n) is 4.17. The van der Waals surface area contributed by atoms with Gasteiger partial charge in [-0.1, -0.05) is 26.3 Å². The molecule has 0 saturated heterocycles. The van der Waals surface area contributed by atoms with Crippen molar-refractivity contribution in [2.75, 3.05) is 0 Å². The molecule has 0 radical (unpaired) electrons. The van der Waals surface area contributed by atoms with E-state index in [1.54, 1.807) is 6.08 Å². The smallest absolute Gasteiger partial charge is 0.119 e. The van der Waals surface area contributed by atoms with Gasteiger partial charge in [-0.25, -0.2) is 4.39 Å². The molecule has 0 aliphatic carbocycles. The lowest BCUT2D eigenvalue weighted by Gasteiger charge is -1.86. The van der Waals surface area contributed by atoms with Crippen molar-refractivity contribution in [1.82, 2.24) is 0 Å². The summed E-state index contributed by atoms with van der Waals surface area (Å²) in [6.45, 7) is 9.67. The van der Waals surface area contributed by atoms with E-state index in [1.165, 1.54) is 6.08 Å². The maximum atomic E-state index is 12.4. The van der Waals surface area contributed by atoms with Gasteiger partial charge < -0.3 is 0 Å². The van der Waals surface area contributed by atoms with Crippen molar-refractivity contribution in [2.45, 2.75) is 41.0 Å². The van der Waals surface area contributed by atoms with Crippen LogP contribution in [-0.4, -0.2) is 0 Å². The van der Waals surface area contributed by atoms with Gasteiger partial charge in [0.2, 0.25) is 0 Å². The lowest BCUT2D eigenvalue weighted by Crippen LogP contribution is -1.67. The third kappa shape index (κ3) is 12.6. The molecule has 0 aromatic rings. The van der Waals surface area contributed by atoms with Crippen LogP contribution in [0.1, 0.15) is 41.0 Å². The highest BCUT2D eigenvalue weighted by atomic mass is 19.1. The Morgan fingerprint density at radius 1 is 1.27 bits per heavy atom. The number of allylic oxidation sites excluding steroid dienone is 4. The monoisotopic (exact) mass is 158 g/mol. The highest BCUT2D eigenvalue weighted by Gasteiger charge is 1.84. The summed E-state index contributed by atoms with van der Waals surface area (Å²) in [5, 5.41) is 0. The topological polar surface area (TPSA) is 0 Å². The minimum atomic E-state index is -0.127. The van der Waals surface area contributed by atoms with Crippen LogP contribution in [0.5, 0.6) is 0 Å². The Hall–Kier alpha value is -0.590. The first kappa shape index (κ1) is 13.0. The molecule has 1 heteroatoms. The Kier molecular flexibility index (Phi) is 11.1. The summed E-state index contributed by atoms with van der Waals surface area (Å²) < 4.78 is 12.4. The van der Waals surface area contributed by atoms with Gasteiger partial charge in [-0.3, -0.25) is 0 Å². The summed E-state index contributed by atoms with van der Waals surface area (Å²) in [7, 11) is 0. The van der Waals surface area contributed by atoms with E-state index in [4.69, 9.17) is 0 Å². The van der Waals surface area contributed by atoms with E-state index in [9.17, 15) is 4.39 Å². The zero-order chi connectivity index (χ0) is 9.28. The largest absolute Gasteiger partial charge is 0.207 e. The van der Waals surface area contributed by atoms with Crippen LogP contribution in [0.2, 0.25) is 0 Å². The molecule has 0 saturated carbocycles. The second-order valence-electron chi connectivity index (χ2n) is 2.22. The van der Waals surface area contributed by atoms with Gasteiger partial charge >= 0.3 is 0 Å². The summed E-state index contributed by atoms with van der Waals surface area (Å²) in [4.78, 5) is 0. The molecule has 0 atom stereocenters. The summed E-state index contributed by atoms with van der Waals surface area (Å²) in [5.41, 5.74) is 0.997. The molecular formula is C10H19F. The van der Waals surface area contributed by atoms with Crippen LogP contribution in [0.4, 0.5) is 4.39 Å². The highest BCUT2D eigenvalue weighted by molar-refractivity contribution is 5.14. The number of halogens is 1. The van der Waals surface area contributed by atoms with E-state index in [0.29, 0.717) is 0 Å². The number of rotatable bonds is 2. The molecule has 0 aromatic carbocycles. The van der Waals surface area contributed by atoms with Crippen molar-refractivity contribution in [3.63, 3.8) is 0 Å². The van der Waals surface area contributed by atoms with Gasteiger partial charge in [0.05, 0.1) is 0 Å². The van der Waals surface area contributed by atoms with Crippen molar-refractivity contribution in [2.24, 2.45) is 0 Å². The lowest BCUT2D eigenvalue weighted by atomic mass is 10.3. The average Bonchev–Trinajstić information content (AvgIpc) is 1.91. The minimum absolute atomic E-state index is 0.127. The fraction of sp³-hybridized carbons (Fsp3) is 0.600. The maximum Gasteiger partial charge on any atom is 0.119 e. The van der Waals surface area contributed by atoms with E-state index in [2.05, 4.69) is 0 Å². The molecule has 0 spiro atoms. The minimum Gasteiger partial charge on any atom is -0.207 e. The zero-order valence-corrected chi connectivity index (χ0v) is 8.24. The summed E-state index contributed by atoms with van der Waals surface area (Å²) >= 11 is 0. The van der Waals surface area contributed by atoms with E-state index >= 15 is 0 Å². The predicted octanol–water partition coefficient (Wildman–Crippen LogP) is 4.24. The Balaban J connectivity index is 0. The molecule has 0 amide bonds. The van der Waals surface area contributed by atoms with Crippen LogP contribution in [0, 0.1) is 0 Å². The van der Waals surface area contributed by atoms with E-state index in [0.717, 1.165) is 12.0 Å². The predicted molar refractivity (Wildman–Crippen MR) is 50.3 cm³/mol. The Morgan fingerprint density at radius 3 is 2.00 bits per heavy atom. The standard InChI is InChI=1S/C8H13F.C2H6/c1-4-5-8(9)6-7(2)3;1-2/h5-6H,4H2,1-3H3;1-2H3/b8-5+;. The molecule has 0 unspecified atom stereocenters. The Labute approximate surface area is 69.8 Å². The summed E-state index contributed by atoms with van der Waals surface area (Å²) in [6.07, 6.45) is 3.85. The molecule has 0 heterocycles. The third-order valence-electron chi connectivity index (χ3n) is 0.826.